The van der Waals surface area contributed by atoms with E-state index in [4.69, 9.17) is 16.3 Å². The third kappa shape index (κ3) is 4.05. The van der Waals surface area contributed by atoms with Gasteiger partial charge in [0.1, 0.15) is 11.6 Å². The molecule has 0 unspecified atom stereocenters. The van der Waals surface area contributed by atoms with Crippen molar-refractivity contribution in [3.05, 3.63) is 70.3 Å². The number of nitrogens with zero attached hydrogens (tertiary/aromatic N) is 4. The first kappa shape index (κ1) is 20.8. The predicted molar refractivity (Wildman–Crippen MR) is 120 cm³/mol. The number of amides is 1. The van der Waals surface area contributed by atoms with Gasteiger partial charge in [-0.1, -0.05) is 23.7 Å². The van der Waals surface area contributed by atoms with Gasteiger partial charge < -0.3 is 9.84 Å². The quantitative estimate of drug-likeness (QED) is 0.581. The summed E-state index contributed by atoms with van der Waals surface area (Å²) >= 11 is 6.22. The fraction of sp³-hybridized carbons (Fsp3) is 0.375. The van der Waals surface area contributed by atoms with Gasteiger partial charge in [0.15, 0.2) is 5.82 Å². The standard InChI is InChI=1S/C24H25ClN4O3/c1-15-3-2-4-20(11-15)32-19-8-5-16(6-9-19)23-27-26-22-14-28(24(30)31)13-17-12-18(25)7-10-21(17)29(22)23/h2-4,7,10-12,16,19H,5-6,8-9,13-14H2,1H3,(H,30,31)/t16-,19-. The van der Waals surface area contributed by atoms with Crippen molar-refractivity contribution in [3.8, 4) is 11.4 Å². The molecule has 2 heterocycles. The number of rotatable bonds is 3. The Morgan fingerprint density at radius 3 is 2.66 bits per heavy atom. The Morgan fingerprint density at radius 1 is 1.09 bits per heavy atom. The number of fused-ring (bicyclic) bond motifs is 3. The second-order valence-electron chi connectivity index (χ2n) is 8.63. The summed E-state index contributed by atoms with van der Waals surface area (Å²) in [7, 11) is 0. The average molecular weight is 453 g/mol. The highest BCUT2D eigenvalue weighted by molar-refractivity contribution is 6.30. The topological polar surface area (TPSA) is 80.5 Å². The SMILES string of the molecule is Cc1cccc(O[C@H]2CC[C@H](c3nnc4n3-c3ccc(Cl)cc3CN(C(=O)O)C4)CC2)c1. The summed E-state index contributed by atoms with van der Waals surface area (Å²) in [6.45, 7) is 2.53. The van der Waals surface area contributed by atoms with Gasteiger partial charge in [-0.3, -0.25) is 9.47 Å². The second kappa shape index (κ2) is 8.47. The Balaban J connectivity index is 1.39. The zero-order chi connectivity index (χ0) is 22.2. The molecule has 1 aliphatic heterocycles. The maximum absolute atomic E-state index is 11.7. The molecule has 1 saturated carbocycles. The largest absolute Gasteiger partial charge is 0.490 e. The molecule has 8 heteroatoms. The van der Waals surface area contributed by atoms with Crippen LogP contribution >= 0.6 is 11.6 Å². The molecule has 1 fully saturated rings. The van der Waals surface area contributed by atoms with E-state index in [9.17, 15) is 9.90 Å². The van der Waals surface area contributed by atoms with Crippen LogP contribution in [-0.2, 0) is 13.1 Å². The van der Waals surface area contributed by atoms with Crippen LogP contribution in [0.1, 0.15) is 54.4 Å². The molecule has 0 spiro atoms. The van der Waals surface area contributed by atoms with Crippen LogP contribution in [0.5, 0.6) is 5.75 Å². The molecule has 0 atom stereocenters. The lowest BCUT2D eigenvalue weighted by molar-refractivity contribution is 0.138. The number of carboxylic acid groups (broad SMARTS) is 1. The van der Waals surface area contributed by atoms with Crippen molar-refractivity contribution in [2.45, 2.75) is 57.7 Å². The minimum Gasteiger partial charge on any atom is -0.490 e. The monoisotopic (exact) mass is 452 g/mol. The Labute approximate surface area is 191 Å². The first-order chi connectivity index (χ1) is 15.5. The number of hydrogen-bond acceptors (Lipinski definition) is 4. The number of aryl methyl sites for hydroxylation is 1. The van der Waals surface area contributed by atoms with E-state index < -0.39 is 6.09 Å². The number of hydrogen-bond donors (Lipinski definition) is 1. The van der Waals surface area contributed by atoms with Crippen LogP contribution < -0.4 is 4.74 Å². The third-order valence-electron chi connectivity index (χ3n) is 6.33. The molecule has 0 radical (unpaired) electrons. The molecule has 1 aromatic heterocycles. The fourth-order valence-corrected chi connectivity index (χ4v) is 4.94. The molecular formula is C24H25ClN4O3. The number of carbonyl (C=O) groups is 1. The molecule has 2 aliphatic rings. The molecule has 7 nitrogen and oxygen atoms in total. The molecule has 5 rings (SSSR count). The maximum Gasteiger partial charge on any atom is 0.408 e. The summed E-state index contributed by atoms with van der Waals surface area (Å²) in [5.74, 6) is 2.70. The highest BCUT2D eigenvalue weighted by Gasteiger charge is 2.32. The van der Waals surface area contributed by atoms with Crippen molar-refractivity contribution in [1.82, 2.24) is 19.7 Å². The summed E-state index contributed by atoms with van der Waals surface area (Å²) in [4.78, 5) is 13.1. The molecule has 166 valence electrons. The zero-order valence-electron chi connectivity index (χ0n) is 17.9. The summed E-state index contributed by atoms with van der Waals surface area (Å²) in [5, 5.41) is 19.1. The normalized spacial score (nSPS) is 20.2. The van der Waals surface area contributed by atoms with Crippen molar-refractivity contribution < 1.29 is 14.6 Å². The van der Waals surface area contributed by atoms with Crippen LogP contribution in [0, 0.1) is 6.92 Å². The van der Waals surface area contributed by atoms with Crippen LogP contribution in [0.4, 0.5) is 4.79 Å². The number of halogens is 1. The van der Waals surface area contributed by atoms with E-state index >= 15 is 0 Å². The van der Waals surface area contributed by atoms with Gasteiger partial charge in [0.25, 0.3) is 0 Å². The predicted octanol–water partition coefficient (Wildman–Crippen LogP) is 5.33. The first-order valence-electron chi connectivity index (χ1n) is 10.9. The molecule has 1 amide bonds. The van der Waals surface area contributed by atoms with Crippen LogP contribution in [0.15, 0.2) is 42.5 Å². The number of aromatic nitrogens is 3. The van der Waals surface area contributed by atoms with Gasteiger partial charge in [0.2, 0.25) is 0 Å². The van der Waals surface area contributed by atoms with E-state index in [0.29, 0.717) is 10.8 Å². The number of benzene rings is 2. The lowest BCUT2D eigenvalue weighted by Crippen LogP contribution is -2.28. The molecule has 1 N–H and O–H groups in total. The summed E-state index contributed by atoms with van der Waals surface area (Å²) < 4.78 is 8.26. The van der Waals surface area contributed by atoms with Gasteiger partial charge in [-0.25, -0.2) is 4.79 Å². The molecule has 32 heavy (non-hydrogen) atoms. The van der Waals surface area contributed by atoms with E-state index in [1.807, 2.05) is 34.9 Å². The first-order valence-corrected chi connectivity index (χ1v) is 11.3. The highest BCUT2D eigenvalue weighted by atomic mass is 35.5. The van der Waals surface area contributed by atoms with Crippen molar-refractivity contribution >= 4 is 17.7 Å². The third-order valence-corrected chi connectivity index (χ3v) is 6.57. The van der Waals surface area contributed by atoms with Gasteiger partial charge in [-0.15, -0.1) is 10.2 Å². The Bertz CT molecular complexity index is 1150. The van der Waals surface area contributed by atoms with E-state index in [1.165, 1.54) is 10.5 Å². The zero-order valence-corrected chi connectivity index (χ0v) is 18.6. The summed E-state index contributed by atoms with van der Waals surface area (Å²) in [6, 6.07) is 13.8. The van der Waals surface area contributed by atoms with Crippen molar-refractivity contribution in [1.29, 1.82) is 0 Å². The fourth-order valence-electron chi connectivity index (χ4n) is 4.75. The minimum absolute atomic E-state index is 0.188. The smallest absolute Gasteiger partial charge is 0.408 e. The van der Waals surface area contributed by atoms with Crippen LogP contribution in [0.2, 0.25) is 5.02 Å². The molecule has 0 bridgehead atoms. The van der Waals surface area contributed by atoms with Gasteiger partial charge in [0, 0.05) is 10.9 Å². The van der Waals surface area contributed by atoms with E-state index in [1.54, 1.807) is 0 Å². The van der Waals surface area contributed by atoms with Crippen molar-refractivity contribution in [3.63, 3.8) is 0 Å². The second-order valence-corrected chi connectivity index (χ2v) is 9.07. The number of ether oxygens (including phenoxy) is 1. The summed E-state index contributed by atoms with van der Waals surface area (Å²) in [5.41, 5.74) is 2.96. The van der Waals surface area contributed by atoms with Crippen LogP contribution in [0.3, 0.4) is 0 Å². The van der Waals surface area contributed by atoms with Gasteiger partial charge in [0.05, 0.1) is 24.9 Å². The Morgan fingerprint density at radius 2 is 1.91 bits per heavy atom. The molecule has 0 saturated heterocycles. The van der Waals surface area contributed by atoms with Crippen LogP contribution in [-0.4, -0.2) is 37.0 Å². The average Bonchev–Trinajstić information content (AvgIpc) is 3.10. The van der Waals surface area contributed by atoms with Crippen molar-refractivity contribution in [2.24, 2.45) is 0 Å². The molecule has 1 aliphatic carbocycles. The highest BCUT2D eigenvalue weighted by Crippen LogP contribution is 2.37. The molecule has 3 aromatic rings. The molecular weight excluding hydrogens is 428 g/mol. The summed E-state index contributed by atoms with van der Waals surface area (Å²) in [6.07, 6.45) is 2.97. The van der Waals surface area contributed by atoms with Crippen molar-refractivity contribution in [2.75, 3.05) is 0 Å². The van der Waals surface area contributed by atoms with E-state index in [2.05, 4.69) is 29.3 Å². The Kier molecular flexibility index (Phi) is 5.51. The van der Waals surface area contributed by atoms with Gasteiger partial charge in [-0.05, 0) is 74.1 Å². The van der Waals surface area contributed by atoms with E-state index in [-0.39, 0.29) is 25.1 Å². The van der Waals surface area contributed by atoms with Crippen LogP contribution in [0.25, 0.3) is 5.69 Å². The van der Waals surface area contributed by atoms with Gasteiger partial charge in [-0.2, -0.15) is 0 Å². The lowest BCUT2D eigenvalue weighted by atomic mass is 9.86. The van der Waals surface area contributed by atoms with E-state index in [0.717, 1.165) is 48.5 Å². The lowest BCUT2D eigenvalue weighted by Gasteiger charge is -2.29. The van der Waals surface area contributed by atoms with Gasteiger partial charge >= 0.3 is 6.09 Å². The minimum atomic E-state index is -0.984. The Hall–Kier alpha value is -3.06. The maximum atomic E-state index is 11.7. The molecule has 2 aromatic carbocycles.